The fourth-order valence-corrected chi connectivity index (χ4v) is 2.87. The smallest absolute Gasteiger partial charge is 0.331 e. The number of nitrogens with zero attached hydrogens (tertiary/aromatic N) is 2. The van der Waals surface area contributed by atoms with Gasteiger partial charge in [0, 0.05) is 24.8 Å². The molecule has 7 heteroatoms. The number of benzene rings is 2. The summed E-state index contributed by atoms with van der Waals surface area (Å²) in [5, 5.41) is 2.65. The minimum absolute atomic E-state index is 0.0193. The number of anilines is 1. The van der Waals surface area contributed by atoms with E-state index in [9.17, 15) is 14.4 Å². The van der Waals surface area contributed by atoms with E-state index in [1.807, 2.05) is 31.1 Å². The Labute approximate surface area is 162 Å². The van der Waals surface area contributed by atoms with Crippen LogP contribution in [0.15, 0.2) is 54.1 Å². The molecule has 0 unspecified atom stereocenters. The average Bonchev–Trinajstić information content (AvgIpc) is 2.64. The first kappa shape index (κ1) is 18.7. The molecule has 0 aromatic heterocycles. The number of nitrogens with one attached hydrogen (secondary N) is 1. The van der Waals surface area contributed by atoms with Crippen molar-refractivity contribution >= 4 is 41.2 Å². The molecule has 1 saturated heterocycles. The zero-order valence-electron chi connectivity index (χ0n) is 14.9. The molecule has 0 bridgehead atoms. The van der Waals surface area contributed by atoms with Crippen molar-refractivity contribution in [3.8, 4) is 0 Å². The van der Waals surface area contributed by atoms with E-state index in [1.165, 1.54) is 6.08 Å². The summed E-state index contributed by atoms with van der Waals surface area (Å²) in [6, 6.07) is 13.5. The molecule has 0 radical (unpaired) electrons. The van der Waals surface area contributed by atoms with Gasteiger partial charge in [-0.1, -0.05) is 41.9 Å². The molecular weight excluding hydrogens is 366 g/mol. The normalized spacial score (nSPS) is 15.9. The first-order chi connectivity index (χ1) is 12.9. The molecule has 1 aliphatic heterocycles. The van der Waals surface area contributed by atoms with Crippen LogP contribution in [0.25, 0.3) is 6.08 Å². The molecule has 1 N–H and O–H groups in total. The van der Waals surface area contributed by atoms with E-state index in [1.54, 1.807) is 36.4 Å². The van der Waals surface area contributed by atoms with Gasteiger partial charge >= 0.3 is 6.03 Å². The van der Waals surface area contributed by atoms with Gasteiger partial charge in [-0.05, 0) is 35.4 Å². The quantitative estimate of drug-likeness (QED) is 0.650. The molecule has 4 amide bonds. The SMILES string of the molecule is CN(C)c1ccc(/C=C2\C(=O)NC(=O)N(Cc3ccccc3Cl)C2=O)cc1. The predicted molar refractivity (Wildman–Crippen MR) is 104 cm³/mol. The maximum Gasteiger partial charge on any atom is 0.331 e. The molecule has 138 valence electrons. The Morgan fingerprint density at radius 3 is 2.33 bits per heavy atom. The van der Waals surface area contributed by atoms with Crippen LogP contribution in [0.2, 0.25) is 5.02 Å². The molecular formula is C20H18ClN3O3. The van der Waals surface area contributed by atoms with E-state index in [4.69, 9.17) is 11.6 Å². The summed E-state index contributed by atoms with van der Waals surface area (Å²) in [7, 11) is 3.84. The third-order valence-corrected chi connectivity index (χ3v) is 4.56. The number of rotatable bonds is 4. The van der Waals surface area contributed by atoms with E-state index >= 15 is 0 Å². The molecule has 1 aliphatic rings. The molecule has 0 aliphatic carbocycles. The van der Waals surface area contributed by atoms with Crippen molar-refractivity contribution in [1.29, 1.82) is 0 Å². The van der Waals surface area contributed by atoms with Crippen LogP contribution in [0.4, 0.5) is 10.5 Å². The van der Waals surface area contributed by atoms with Gasteiger partial charge in [0.05, 0.1) is 6.54 Å². The summed E-state index contributed by atoms with van der Waals surface area (Å²) in [6.07, 6.45) is 1.48. The Bertz CT molecular complexity index is 936. The van der Waals surface area contributed by atoms with Gasteiger partial charge in [0.2, 0.25) is 0 Å². The lowest BCUT2D eigenvalue weighted by atomic mass is 10.1. The number of urea groups is 1. The standard InChI is InChI=1S/C20H18ClN3O3/c1-23(2)15-9-7-13(8-10-15)11-16-18(25)22-20(27)24(19(16)26)12-14-5-3-4-6-17(14)21/h3-11H,12H2,1-2H3,(H,22,25,27)/b16-11+. The number of carbonyl (C=O) groups is 3. The monoisotopic (exact) mass is 383 g/mol. The van der Waals surface area contributed by atoms with Crippen LogP contribution in [0.5, 0.6) is 0 Å². The number of carbonyl (C=O) groups excluding carboxylic acids is 3. The third kappa shape index (κ3) is 4.01. The number of imide groups is 2. The number of hydrogen-bond acceptors (Lipinski definition) is 4. The Kier molecular flexibility index (Phi) is 5.28. The van der Waals surface area contributed by atoms with E-state index < -0.39 is 17.8 Å². The summed E-state index contributed by atoms with van der Waals surface area (Å²) < 4.78 is 0. The minimum Gasteiger partial charge on any atom is -0.378 e. The van der Waals surface area contributed by atoms with Crippen LogP contribution in [0.1, 0.15) is 11.1 Å². The molecule has 27 heavy (non-hydrogen) atoms. The van der Waals surface area contributed by atoms with Crippen molar-refractivity contribution in [2.24, 2.45) is 0 Å². The maximum atomic E-state index is 12.8. The summed E-state index contributed by atoms with van der Waals surface area (Å²) in [6.45, 7) is -0.0193. The molecule has 1 heterocycles. The van der Waals surface area contributed by atoms with Gasteiger partial charge in [-0.3, -0.25) is 19.8 Å². The first-order valence-electron chi connectivity index (χ1n) is 8.26. The number of halogens is 1. The minimum atomic E-state index is -0.759. The number of barbiturate groups is 1. The highest BCUT2D eigenvalue weighted by atomic mass is 35.5. The second-order valence-electron chi connectivity index (χ2n) is 6.29. The Hall–Kier alpha value is -3.12. The summed E-state index contributed by atoms with van der Waals surface area (Å²) in [5.74, 6) is -1.36. The van der Waals surface area contributed by atoms with Crippen molar-refractivity contribution in [3.05, 3.63) is 70.3 Å². The van der Waals surface area contributed by atoms with Gasteiger partial charge in [-0.15, -0.1) is 0 Å². The Balaban J connectivity index is 1.89. The van der Waals surface area contributed by atoms with Crippen molar-refractivity contribution in [2.45, 2.75) is 6.54 Å². The van der Waals surface area contributed by atoms with Gasteiger partial charge in [-0.25, -0.2) is 4.79 Å². The van der Waals surface area contributed by atoms with Crippen molar-refractivity contribution in [3.63, 3.8) is 0 Å². The van der Waals surface area contributed by atoms with Gasteiger partial charge in [0.15, 0.2) is 0 Å². The van der Waals surface area contributed by atoms with Crippen LogP contribution in [0.3, 0.4) is 0 Å². The molecule has 0 saturated carbocycles. The van der Waals surface area contributed by atoms with Crippen molar-refractivity contribution in [2.75, 3.05) is 19.0 Å². The molecule has 0 atom stereocenters. The number of amides is 4. The fraction of sp³-hybridized carbons (Fsp3) is 0.150. The maximum absolute atomic E-state index is 12.8. The Morgan fingerprint density at radius 1 is 1.04 bits per heavy atom. The topological polar surface area (TPSA) is 69.7 Å². The molecule has 2 aromatic carbocycles. The highest BCUT2D eigenvalue weighted by Gasteiger charge is 2.35. The summed E-state index contributed by atoms with van der Waals surface area (Å²) >= 11 is 6.12. The molecule has 2 aromatic rings. The molecule has 0 spiro atoms. The van der Waals surface area contributed by atoms with Crippen LogP contribution in [-0.4, -0.2) is 36.8 Å². The highest BCUT2D eigenvalue weighted by molar-refractivity contribution is 6.32. The molecule has 1 fully saturated rings. The van der Waals surface area contributed by atoms with E-state index in [0.717, 1.165) is 10.6 Å². The third-order valence-electron chi connectivity index (χ3n) is 4.19. The van der Waals surface area contributed by atoms with E-state index in [0.29, 0.717) is 16.1 Å². The lowest BCUT2D eigenvalue weighted by molar-refractivity contribution is -0.130. The van der Waals surface area contributed by atoms with Gasteiger partial charge < -0.3 is 4.90 Å². The summed E-state index contributed by atoms with van der Waals surface area (Å²) in [5.41, 5.74) is 2.20. The van der Waals surface area contributed by atoms with Crippen LogP contribution in [0, 0.1) is 0 Å². The van der Waals surface area contributed by atoms with Crippen LogP contribution >= 0.6 is 11.6 Å². The fourth-order valence-electron chi connectivity index (χ4n) is 2.67. The average molecular weight is 384 g/mol. The summed E-state index contributed by atoms with van der Waals surface area (Å²) in [4.78, 5) is 40.0. The van der Waals surface area contributed by atoms with E-state index in [2.05, 4.69) is 5.32 Å². The second-order valence-corrected chi connectivity index (χ2v) is 6.69. The largest absolute Gasteiger partial charge is 0.378 e. The predicted octanol–water partition coefficient (Wildman–Crippen LogP) is 3.07. The zero-order chi connectivity index (χ0) is 19.6. The van der Waals surface area contributed by atoms with Crippen LogP contribution in [-0.2, 0) is 16.1 Å². The Morgan fingerprint density at radius 2 is 1.70 bits per heavy atom. The van der Waals surface area contributed by atoms with Gasteiger partial charge in [0.25, 0.3) is 11.8 Å². The lowest BCUT2D eigenvalue weighted by Crippen LogP contribution is -2.53. The molecule has 3 rings (SSSR count). The van der Waals surface area contributed by atoms with Crippen LogP contribution < -0.4 is 10.2 Å². The zero-order valence-corrected chi connectivity index (χ0v) is 15.7. The highest BCUT2D eigenvalue weighted by Crippen LogP contribution is 2.22. The van der Waals surface area contributed by atoms with Gasteiger partial charge in [0.1, 0.15) is 5.57 Å². The second kappa shape index (κ2) is 7.63. The van der Waals surface area contributed by atoms with Crippen molar-refractivity contribution < 1.29 is 14.4 Å². The lowest BCUT2D eigenvalue weighted by Gasteiger charge is -2.26. The molecule has 6 nitrogen and oxygen atoms in total. The number of hydrogen-bond donors (Lipinski definition) is 1. The van der Waals surface area contributed by atoms with Gasteiger partial charge in [-0.2, -0.15) is 0 Å². The first-order valence-corrected chi connectivity index (χ1v) is 8.64. The van der Waals surface area contributed by atoms with Crippen molar-refractivity contribution in [1.82, 2.24) is 10.2 Å². The van der Waals surface area contributed by atoms with E-state index in [-0.39, 0.29) is 12.1 Å².